The minimum absolute atomic E-state index is 0.171. The molecular weight excluding hydrogens is 206 g/mol. The third-order valence-corrected chi connectivity index (χ3v) is 3.05. The van der Waals surface area contributed by atoms with E-state index in [1.54, 1.807) is 0 Å². The van der Waals surface area contributed by atoms with Crippen LogP contribution in [0.4, 0.5) is 0 Å². The van der Waals surface area contributed by atoms with Crippen LogP contribution in [0.2, 0.25) is 0 Å². The van der Waals surface area contributed by atoms with E-state index >= 15 is 0 Å². The van der Waals surface area contributed by atoms with Crippen molar-refractivity contribution in [3.8, 4) is 11.1 Å². The molecule has 0 radical (unpaired) electrons. The summed E-state index contributed by atoms with van der Waals surface area (Å²) < 4.78 is 0. The van der Waals surface area contributed by atoms with E-state index < -0.39 is 0 Å². The van der Waals surface area contributed by atoms with Crippen LogP contribution >= 0.6 is 0 Å². The van der Waals surface area contributed by atoms with E-state index in [4.69, 9.17) is 5.73 Å². The van der Waals surface area contributed by atoms with Gasteiger partial charge in [0.05, 0.1) is 0 Å². The molecule has 1 unspecified atom stereocenters. The maximum absolute atomic E-state index is 6.09. The first-order chi connectivity index (χ1) is 8.31. The Morgan fingerprint density at radius 3 is 2.06 bits per heavy atom. The lowest BCUT2D eigenvalue weighted by Crippen LogP contribution is -2.09. The molecule has 0 saturated carbocycles. The summed E-state index contributed by atoms with van der Waals surface area (Å²) in [6.07, 6.45) is 2.17. The zero-order valence-electron chi connectivity index (χ0n) is 10.3. The van der Waals surface area contributed by atoms with Crippen LogP contribution in [0.3, 0.4) is 0 Å². The van der Waals surface area contributed by atoms with Crippen molar-refractivity contribution in [1.29, 1.82) is 0 Å². The number of rotatable bonds is 4. The van der Waals surface area contributed by atoms with Gasteiger partial charge in [0, 0.05) is 6.04 Å². The number of nitrogens with two attached hydrogens (primary N) is 1. The van der Waals surface area contributed by atoms with Gasteiger partial charge in [-0.2, -0.15) is 0 Å². The van der Waals surface area contributed by atoms with Crippen molar-refractivity contribution in [1.82, 2.24) is 0 Å². The summed E-state index contributed by atoms with van der Waals surface area (Å²) in [6, 6.07) is 19.2. The maximum Gasteiger partial charge on any atom is 0.0294 e. The highest BCUT2D eigenvalue weighted by molar-refractivity contribution is 5.63. The molecule has 2 N–H and O–H groups in total. The first kappa shape index (κ1) is 11.9. The van der Waals surface area contributed by atoms with E-state index in [1.807, 2.05) is 6.07 Å². The number of hydrogen-bond acceptors (Lipinski definition) is 1. The van der Waals surface area contributed by atoms with Gasteiger partial charge in [-0.25, -0.2) is 0 Å². The second-order valence-corrected chi connectivity index (χ2v) is 4.38. The molecule has 0 spiro atoms. The molecule has 0 aliphatic carbocycles. The van der Waals surface area contributed by atoms with Gasteiger partial charge < -0.3 is 5.73 Å². The van der Waals surface area contributed by atoms with Crippen molar-refractivity contribution >= 4 is 0 Å². The predicted molar refractivity (Wildman–Crippen MR) is 73.7 cm³/mol. The summed E-state index contributed by atoms with van der Waals surface area (Å²) in [5.41, 5.74) is 9.82. The van der Waals surface area contributed by atoms with Gasteiger partial charge in [-0.05, 0) is 23.1 Å². The molecule has 0 saturated heterocycles. The molecule has 0 amide bonds. The molecule has 0 fully saturated rings. The smallest absolute Gasteiger partial charge is 0.0294 e. The standard InChI is InChI=1S/C16H19N/c1-2-6-16(17)15-11-9-14(10-12-15)13-7-4-3-5-8-13/h3-5,7-12,16H,2,6,17H2,1H3. The highest BCUT2D eigenvalue weighted by Gasteiger charge is 2.04. The molecule has 0 aliphatic rings. The zero-order valence-corrected chi connectivity index (χ0v) is 10.3. The molecule has 2 rings (SSSR count). The third-order valence-electron chi connectivity index (χ3n) is 3.05. The Morgan fingerprint density at radius 2 is 1.47 bits per heavy atom. The lowest BCUT2D eigenvalue weighted by molar-refractivity contribution is 0.638. The normalized spacial score (nSPS) is 12.4. The van der Waals surface area contributed by atoms with Crippen LogP contribution in [0.5, 0.6) is 0 Å². The second-order valence-electron chi connectivity index (χ2n) is 4.38. The Balaban J connectivity index is 2.19. The molecule has 2 aromatic rings. The molecule has 17 heavy (non-hydrogen) atoms. The van der Waals surface area contributed by atoms with Crippen LogP contribution in [-0.4, -0.2) is 0 Å². The van der Waals surface area contributed by atoms with Crippen LogP contribution in [0.25, 0.3) is 11.1 Å². The largest absolute Gasteiger partial charge is 0.324 e. The van der Waals surface area contributed by atoms with Crippen molar-refractivity contribution < 1.29 is 0 Å². The molecule has 0 bridgehead atoms. The zero-order chi connectivity index (χ0) is 12.1. The highest BCUT2D eigenvalue weighted by Crippen LogP contribution is 2.22. The summed E-state index contributed by atoms with van der Waals surface area (Å²) >= 11 is 0. The minimum Gasteiger partial charge on any atom is -0.324 e. The van der Waals surface area contributed by atoms with Crippen molar-refractivity contribution in [2.24, 2.45) is 5.73 Å². The van der Waals surface area contributed by atoms with E-state index in [-0.39, 0.29) is 6.04 Å². The van der Waals surface area contributed by atoms with Crippen LogP contribution in [-0.2, 0) is 0 Å². The van der Waals surface area contributed by atoms with Crippen molar-refractivity contribution in [3.63, 3.8) is 0 Å². The van der Waals surface area contributed by atoms with Gasteiger partial charge in [-0.15, -0.1) is 0 Å². The summed E-state index contributed by atoms with van der Waals surface area (Å²) in [5.74, 6) is 0. The summed E-state index contributed by atoms with van der Waals surface area (Å²) in [4.78, 5) is 0. The average molecular weight is 225 g/mol. The predicted octanol–water partition coefficient (Wildman–Crippen LogP) is 4.15. The van der Waals surface area contributed by atoms with Gasteiger partial charge in [-0.1, -0.05) is 67.9 Å². The van der Waals surface area contributed by atoms with Crippen molar-refractivity contribution in [2.45, 2.75) is 25.8 Å². The number of hydrogen-bond donors (Lipinski definition) is 1. The van der Waals surface area contributed by atoms with E-state index in [1.165, 1.54) is 16.7 Å². The van der Waals surface area contributed by atoms with Gasteiger partial charge in [0.2, 0.25) is 0 Å². The Bertz CT molecular complexity index is 445. The quantitative estimate of drug-likeness (QED) is 0.831. The first-order valence-electron chi connectivity index (χ1n) is 6.22. The SMILES string of the molecule is CCCC(N)c1ccc(-c2ccccc2)cc1. The van der Waals surface area contributed by atoms with Crippen LogP contribution in [0.1, 0.15) is 31.4 Å². The fraction of sp³-hybridized carbons (Fsp3) is 0.250. The molecular formula is C16H19N. The fourth-order valence-corrected chi connectivity index (χ4v) is 2.03. The van der Waals surface area contributed by atoms with E-state index in [0.29, 0.717) is 0 Å². The molecule has 1 nitrogen and oxygen atoms in total. The topological polar surface area (TPSA) is 26.0 Å². The molecule has 2 aromatic carbocycles. The lowest BCUT2D eigenvalue weighted by Gasteiger charge is -2.11. The minimum atomic E-state index is 0.171. The Morgan fingerprint density at radius 1 is 0.882 bits per heavy atom. The van der Waals surface area contributed by atoms with Crippen molar-refractivity contribution in [3.05, 3.63) is 60.2 Å². The molecule has 1 heteroatoms. The molecule has 1 atom stereocenters. The van der Waals surface area contributed by atoms with Gasteiger partial charge >= 0.3 is 0 Å². The van der Waals surface area contributed by atoms with E-state index in [9.17, 15) is 0 Å². The molecule has 88 valence electrons. The molecule has 0 aromatic heterocycles. The van der Waals surface area contributed by atoms with E-state index in [2.05, 4.69) is 55.5 Å². The Kier molecular flexibility index (Phi) is 3.94. The third kappa shape index (κ3) is 2.95. The monoisotopic (exact) mass is 225 g/mol. The van der Waals surface area contributed by atoms with Crippen LogP contribution in [0.15, 0.2) is 54.6 Å². The molecule has 0 heterocycles. The summed E-state index contributed by atoms with van der Waals surface area (Å²) in [7, 11) is 0. The van der Waals surface area contributed by atoms with Crippen LogP contribution < -0.4 is 5.73 Å². The van der Waals surface area contributed by atoms with Gasteiger partial charge in [0.25, 0.3) is 0 Å². The maximum atomic E-state index is 6.09. The highest BCUT2D eigenvalue weighted by atomic mass is 14.6. The first-order valence-corrected chi connectivity index (χ1v) is 6.22. The average Bonchev–Trinajstić information content (AvgIpc) is 2.40. The summed E-state index contributed by atoms with van der Waals surface area (Å²) in [5, 5.41) is 0. The lowest BCUT2D eigenvalue weighted by atomic mass is 9.99. The van der Waals surface area contributed by atoms with Crippen molar-refractivity contribution in [2.75, 3.05) is 0 Å². The molecule has 0 aliphatic heterocycles. The fourth-order valence-electron chi connectivity index (χ4n) is 2.03. The Hall–Kier alpha value is -1.60. The Labute approximate surface area is 103 Å². The van der Waals surface area contributed by atoms with Crippen LogP contribution in [0, 0.1) is 0 Å². The van der Waals surface area contributed by atoms with Gasteiger partial charge in [0.15, 0.2) is 0 Å². The second kappa shape index (κ2) is 5.65. The van der Waals surface area contributed by atoms with Gasteiger partial charge in [-0.3, -0.25) is 0 Å². The van der Waals surface area contributed by atoms with Gasteiger partial charge in [0.1, 0.15) is 0 Å². The number of benzene rings is 2. The summed E-state index contributed by atoms with van der Waals surface area (Å²) in [6.45, 7) is 2.16. The van der Waals surface area contributed by atoms with E-state index in [0.717, 1.165) is 12.8 Å².